The van der Waals surface area contributed by atoms with Gasteiger partial charge in [-0.25, -0.2) is 9.78 Å². The number of esters is 1. The fraction of sp³-hybridized carbons (Fsp3) is 0.174. The predicted octanol–water partition coefficient (Wildman–Crippen LogP) is 5.48. The Morgan fingerprint density at radius 1 is 1.07 bits per heavy atom. The SMILES string of the molecule is COC(=O)c1ccc(NC(=O)c2cccc(C=Cc3nc(C(C)C)cs3)c2)cc1. The summed E-state index contributed by atoms with van der Waals surface area (Å²) in [5.41, 5.74) is 3.58. The molecule has 0 unspecified atom stereocenters. The van der Waals surface area contributed by atoms with Gasteiger partial charge in [0.15, 0.2) is 0 Å². The zero-order valence-electron chi connectivity index (χ0n) is 16.5. The lowest BCUT2D eigenvalue weighted by Gasteiger charge is -2.07. The molecule has 5 nitrogen and oxygen atoms in total. The molecule has 0 saturated heterocycles. The molecule has 148 valence electrons. The molecular weight excluding hydrogens is 384 g/mol. The molecule has 1 aromatic heterocycles. The largest absolute Gasteiger partial charge is 0.465 e. The van der Waals surface area contributed by atoms with E-state index in [4.69, 9.17) is 0 Å². The second-order valence-electron chi connectivity index (χ2n) is 6.75. The standard InChI is InChI=1S/C23H22N2O3S/c1-15(2)20-14-29-21(25-20)12-7-16-5-4-6-18(13-16)22(26)24-19-10-8-17(9-11-19)23(27)28-3/h4-15H,1-3H3,(H,24,26). The highest BCUT2D eigenvalue weighted by Crippen LogP contribution is 2.20. The molecule has 3 rings (SSSR count). The van der Waals surface area contributed by atoms with Crippen LogP contribution in [0.15, 0.2) is 53.9 Å². The van der Waals surface area contributed by atoms with Gasteiger partial charge < -0.3 is 10.1 Å². The maximum Gasteiger partial charge on any atom is 0.337 e. The third-order valence-corrected chi connectivity index (χ3v) is 5.09. The van der Waals surface area contributed by atoms with Crippen LogP contribution < -0.4 is 5.32 Å². The summed E-state index contributed by atoms with van der Waals surface area (Å²) in [7, 11) is 1.33. The van der Waals surface area contributed by atoms with Gasteiger partial charge in [-0.1, -0.05) is 32.1 Å². The first-order valence-corrected chi connectivity index (χ1v) is 10.1. The summed E-state index contributed by atoms with van der Waals surface area (Å²) < 4.78 is 4.67. The molecule has 1 N–H and O–H groups in total. The number of hydrogen-bond acceptors (Lipinski definition) is 5. The number of carbonyl (C=O) groups is 2. The van der Waals surface area contributed by atoms with Crippen molar-refractivity contribution in [3.8, 4) is 0 Å². The number of benzene rings is 2. The molecule has 0 atom stereocenters. The molecule has 0 saturated carbocycles. The Bertz CT molecular complexity index is 1040. The molecule has 1 amide bonds. The second-order valence-corrected chi connectivity index (χ2v) is 7.64. The van der Waals surface area contributed by atoms with Gasteiger partial charge in [0.25, 0.3) is 5.91 Å². The highest BCUT2D eigenvalue weighted by molar-refractivity contribution is 7.10. The van der Waals surface area contributed by atoms with Crippen LogP contribution in [-0.2, 0) is 4.74 Å². The minimum Gasteiger partial charge on any atom is -0.465 e. The summed E-state index contributed by atoms with van der Waals surface area (Å²) in [5, 5.41) is 5.84. The zero-order chi connectivity index (χ0) is 20.8. The van der Waals surface area contributed by atoms with Gasteiger partial charge in [0.05, 0.1) is 18.4 Å². The number of thiazole rings is 1. The van der Waals surface area contributed by atoms with Crippen LogP contribution in [0.1, 0.15) is 56.7 Å². The molecule has 0 fully saturated rings. The van der Waals surface area contributed by atoms with Gasteiger partial charge in [-0.2, -0.15) is 0 Å². The van der Waals surface area contributed by atoms with E-state index in [-0.39, 0.29) is 5.91 Å². The van der Waals surface area contributed by atoms with E-state index >= 15 is 0 Å². The topological polar surface area (TPSA) is 68.3 Å². The third kappa shape index (κ3) is 5.39. The Kier molecular flexibility index (Phi) is 6.57. The molecule has 0 spiro atoms. The van der Waals surface area contributed by atoms with Crippen molar-refractivity contribution in [1.29, 1.82) is 0 Å². The molecular formula is C23H22N2O3S. The minimum absolute atomic E-state index is 0.220. The van der Waals surface area contributed by atoms with Crippen LogP contribution in [0.2, 0.25) is 0 Å². The molecule has 0 aliphatic carbocycles. The van der Waals surface area contributed by atoms with Crippen LogP contribution >= 0.6 is 11.3 Å². The van der Waals surface area contributed by atoms with Gasteiger partial charge in [-0.15, -0.1) is 11.3 Å². The summed E-state index contributed by atoms with van der Waals surface area (Å²) in [6, 6.07) is 13.9. The number of methoxy groups -OCH3 is 1. The van der Waals surface area contributed by atoms with Crippen LogP contribution in [0.25, 0.3) is 12.2 Å². The fourth-order valence-corrected chi connectivity index (χ4v) is 3.48. The highest BCUT2D eigenvalue weighted by Gasteiger charge is 2.09. The van der Waals surface area contributed by atoms with Gasteiger partial charge in [0, 0.05) is 16.6 Å². The number of nitrogens with zero attached hydrogens (tertiary/aromatic N) is 1. The van der Waals surface area contributed by atoms with Crippen molar-refractivity contribution in [2.24, 2.45) is 0 Å². The molecule has 0 radical (unpaired) electrons. The van der Waals surface area contributed by atoms with Crippen molar-refractivity contribution in [2.45, 2.75) is 19.8 Å². The van der Waals surface area contributed by atoms with Gasteiger partial charge in [0.1, 0.15) is 5.01 Å². The average Bonchev–Trinajstić information content (AvgIpc) is 3.22. The molecule has 0 bridgehead atoms. The Labute approximate surface area is 174 Å². The smallest absolute Gasteiger partial charge is 0.337 e. The first-order chi connectivity index (χ1) is 14.0. The summed E-state index contributed by atoms with van der Waals surface area (Å²) in [4.78, 5) is 28.6. The maximum absolute atomic E-state index is 12.6. The van der Waals surface area contributed by atoms with Crippen molar-refractivity contribution in [3.63, 3.8) is 0 Å². The van der Waals surface area contributed by atoms with Crippen molar-refractivity contribution >= 4 is 41.1 Å². The average molecular weight is 407 g/mol. The lowest BCUT2D eigenvalue weighted by molar-refractivity contribution is 0.0600. The van der Waals surface area contributed by atoms with E-state index in [2.05, 4.69) is 34.3 Å². The molecule has 1 heterocycles. The Hall–Kier alpha value is -3.25. The molecule has 0 aliphatic rings. The van der Waals surface area contributed by atoms with Crippen LogP contribution in [-0.4, -0.2) is 24.0 Å². The van der Waals surface area contributed by atoms with E-state index in [1.165, 1.54) is 7.11 Å². The van der Waals surface area contributed by atoms with E-state index < -0.39 is 5.97 Å². The lowest BCUT2D eigenvalue weighted by atomic mass is 10.1. The number of ether oxygens (including phenoxy) is 1. The van der Waals surface area contributed by atoms with Gasteiger partial charge in [-0.3, -0.25) is 4.79 Å². The highest BCUT2D eigenvalue weighted by atomic mass is 32.1. The summed E-state index contributed by atoms with van der Waals surface area (Å²) in [6.45, 7) is 4.24. The predicted molar refractivity (Wildman–Crippen MR) is 117 cm³/mol. The molecule has 6 heteroatoms. The van der Waals surface area contributed by atoms with Crippen molar-refractivity contribution in [1.82, 2.24) is 4.98 Å². The molecule has 0 aliphatic heterocycles. The van der Waals surface area contributed by atoms with Crippen LogP contribution in [0.4, 0.5) is 5.69 Å². The molecule has 3 aromatic rings. The number of carbonyl (C=O) groups excluding carboxylic acids is 2. The number of anilines is 1. The van der Waals surface area contributed by atoms with Gasteiger partial charge in [0.2, 0.25) is 0 Å². The van der Waals surface area contributed by atoms with E-state index in [9.17, 15) is 9.59 Å². The molecule has 29 heavy (non-hydrogen) atoms. The second kappa shape index (κ2) is 9.30. The fourth-order valence-electron chi connectivity index (χ4n) is 2.60. The summed E-state index contributed by atoms with van der Waals surface area (Å²) in [6.07, 6.45) is 3.91. The quantitative estimate of drug-likeness (QED) is 0.551. The Morgan fingerprint density at radius 2 is 1.83 bits per heavy atom. The Balaban J connectivity index is 1.68. The summed E-state index contributed by atoms with van der Waals surface area (Å²) >= 11 is 1.60. The van der Waals surface area contributed by atoms with E-state index in [1.54, 1.807) is 41.7 Å². The van der Waals surface area contributed by atoms with Gasteiger partial charge >= 0.3 is 5.97 Å². The van der Waals surface area contributed by atoms with E-state index in [0.717, 1.165) is 16.3 Å². The summed E-state index contributed by atoms with van der Waals surface area (Å²) in [5.74, 6) is -0.229. The van der Waals surface area contributed by atoms with Crippen LogP contribution in [0, 0.1) is 0 Å². The minimum atomic E-state index is -0.414. The number of amides is 1. The Morgan fingerprint density at radius 3 is 2.48 bits per heavy atom. The first-order valence-electron chi connectivity index (χ1n) is 9.19. The van der Waals surface area contributed by atoms with Crippen LogP contribution in [0.3, 0.4) is 0 Å². The number of rotatable bonds is 6. The van der Waals surface area contributed by atoms with E-state index in [0.29, 0.717) is 22.7 Å². The molecule has 2 aromatic carbocycles. The van der Waals surface area contributed by atoms with E-state index in [1.807, 2.05) is 30.4 Å². The third-order valence-electron chi connectivity index (χ3n) is 4.26. The number of hydrogen-bond donors (Lipinski definition) is 1. The number of nitrogens with one attached hydrogen (secondary N) is 1. The monoisotopic (exact) mass is 406 g/mol. The van der Waals surface area contributed by atoms with Crippen molar-refractivity contribution in [2.75, 3.05) is 12.4 Å². The maximum atomic E-state index is 12.6. The van der Waals surface area contributed by atoms with Crippen molar-refractivity contribution in [3.05, 3.63) is 81.3 Å². The lowest BCUT2D eigenvalue weighted by Crippen LogP contribution is -2.12. The van der Waals surface area contributed by atoms with Gasteiger partial charge in [-0.05, 0) is 54.0 Å². The zero-order valence-corrected chi connectivity index (χ0v) is 17.3. The number of aromatic nitrogens is 1. The van der Waals surface area contributed by atoms with Crippen LogP contribution in [0.5, 0.6) is 0 Å². The van der Waals surface area contributed by atoms with Crippen molar-refractivity contribution < 1.29 is 14.3 Å². The normalized spacial score (nSPS) is 11.0. The first kappa shape index (κ1) is 20.5.